The van der Waals surface area contributed by atoms with E-state index in [9.17, 15) is 11.0 Å². The van der Waals surface area contributed by atoms with Crippen LogP contribution in [0.4, 0.5) is 0 Å². The predicted molar refractivity (Wildman–Crippen MR) is 258 cm³/mol. The Morgan fingerprint density at radius 1 is 0.365 bits per heavy atom. The molecule has 0 radical (unpaired) electrons. The summed E-state index contributed by atoms with van der Waals surface area (Å²) in [7, 11) is 0. The summed E-state index contributed by atoms with van der Waals surface area (Å²) in [6.45, 7) is 0. The van der Waals surface area contributed by atoms with Crippen LogP contribution in [-0.4, -0.2) is 24.1 Å². The second-order valence-corrected chi connectivity index (χ2v) is 14.2. The zero-order valence-electron chi connectivity index (χ0n) is 56.0. The summed E-state index contributed by atoms with van der Waals surface area (Å²) in [6.07, 6.45) is 0. The lowest BCUT2D eigenvalue weighted by atomic mass is 10.0. The summed E-state index contributed by atoms with van der Waals surface area (Å²) in [5.74, 6) is -1.72. The third-order valence-electron chi connectivity index (χ3n) is 10.7. The van der Waals surface area contributed by atoms with E-state index in [4.69, 9.17) is 41.3 Å². The van der Waals surface area contributed by atoms with Crippen molar-refractivity contribution >= 4 is 65.6 Å². The summed E-state index contributed by atoms with van der Waals surface area (Å²) in [4.78, 5) is 14.6. The molecule has 13 aromatic rings. The minimum Gasteiger partial charge on any atom is -0.455 e. The van der Waals surface area contributed by atoms with Gasteiger partial charge in [0.1, 0.15) is 11.2 Å². The zero-order valence-corrected chi connectivity index (χ0v) is 32.0. The largest absolute Gasteiger partial charge is 0.455 e. The van der Waals surface area contributed by atoms with Crippen molar-refractivity contribution in [1.82, 2.24) is 24.1 Å². The maximum Gasteiger partial charge on any atom is 0.240 e. The standard InChI is InChI=1S/C57H35N5O/c1-3-14-36(15-4-1)40-30-32-45-46-33-31-41(37-16-5-2-6-17-37)35-52(46)62(51(45)34-40)57-59-55(58-56(60-57)61-49-23-10-7-18-43(49)44-19-8-11-24-50(44)61)39-28-26-38(27-29-39)42-21-13-22-48-47-20-9-12-25-53(47)63-54(42)48/h1-35H/i1D,2D,3D,4D,5D,6D,7D,8D,10D,11D,14D,15D,16D,17D,18D,19D,23D,24D,30D,31D,32D,33D,34D,35D. The topological polar surface area (TPSA) is 61.7 Å². The molecule has 0 spiro atoms. The van der Waals surface area contributed by atoms with E-state index in [1.54, 1.807) is 24.3 Å². The number of hydrogen-bond donors (Lipinski definition) is 0. The van der Waals surface area contributed by atoms with Crippen LogP contribution in [0.1, 0.15) is 32.9 Å². The van der Waals surface area contributed by atoms with Crippen LogP contribution in [0, 0.1) is 0 Å². The van der Waals surface area contributed by atoms with Crippen LogP contribution in [0.15, 0.2) is 216 Å². The number of para-hydroxylation sites is 4. The average molecular weight is 830 g/mol. The highest BCUT2D eigenvalue weighted by molar-refractivity contribution is 6.12. The van der Waals surface area contributed by atoms with Crippen molar-refractivity contribution in [3.8, 4) is 56.7 Å². The lowest BCUT2D eigenvalue weighted by Crippen LogP contribution is -2.10. The molecule has 9 aromatic carbocycles. The first-order chi connectivity index (χ1) is 41.2. The first kappa shape index (κ1) is 19.0. The lowest BCUT2D eigenvalue weighted by molar-refractivity contribution is 0.670. The van der Waals surface area contributed by atoms with E-state index in [0.29, 0.717) is 22.3 Å². The fraction of sp³-hybridized carbons (Fsp3) is 0. The Balaban J connectivity index is 1.23. The second-order valence-electron chi connectivity index (χ2n) is 14.2. The van der Waals surface area contributed by atoms with Gasteiger partial charge in [0, 0.05) is 43.4 Å². The highest BCUT2D eigenvalue weighted by Gasteiger charge is 2.22. The molecule has 6 heteroatoms. The van der Waals surface area contributed by atoms with Crippen molar-refractivity contribution in [3.05, 3.63) is 212 Å². The molecule has 0 saturated heterocycles. The second kappa shape index (κ2) is 14.0. The van der Waals surface area contributed by atoms with E-state index in [1.165, 1.54) is 0 Å². The monoisotopic (exact) mass is 829 g/mol. The molecule has 0 aliphatic carbocycles. The number of furan rings is 1. The van der Waals surface area contributed by atoms with Gasteiger partial charge in [-0.25, -0.2) is 0 Å². The van der Waals surface area contributed by atoms with E-state index in [1.807, 2.05) is 42.5 Å². The van der Waals surface area contributed by atoms with Crippen molar-refractivity contribution in [2.24, 2.45) is 0 Å². The Kier molecular flexibility index (Phi) is 4.21. The van der Waals surface area contributed by atoms with Gasteiger partial charge in [-0.1, -0.05) is 182 Å². The number of rotatable bonds is 6. The Labute approximate surface area is 395 Å². The van der Waals surface area contributed by atoms with Crippen LogP contribution in [-0.2, 0) is 0 Å². The number of benzene rings is 9. The number of hydrogen-bond acceptors (Lipinski definition) is 4. The van der Waals surface area contributed by atoms with Gasteiger partial charge in [-0.3, -0.25) is 9.13 Å². The molecule has 294 valence electrons. The van der Waals surface area contributed by atoms with Crippen LogP contribution >= 0.6 is 0 Å². The molecule has 6 nitrogen and oxygen atoms in total. The van der Waals surface area contributed by atoms with E-state index in [2.05, 4.69) is 0 Å². The molecule has 0 atom stereocenters. The number of fused-ring (bicyclic) bond motifs is 9. The molecule has 13 rings (SSSR count). The molecule has 0 aliphatic heterocycles. The van der Waals surface area contributed by atoms with Crippen molar-refractivity contribution in [1.29, 1.82) is 0 Å². The fourth-order valence-electron chi connectivity index (χ4n) is 7.88. The number of nitrogens with zero attached hydrogens (tertiary/aromatic N) is 5. The molecule has 4 heterocycles. The molecule has 0 unspecified atom stereocenters. The van der Waals surface area contributed by atoms with Gasteiger partial charge in [0.2, 0.25) is 11.9 Å². The van der Waals surface area contributed by atoms with Crippen LogP contribution < -0.4 is 0 Å². The molecule has 0 amide bonds. The third kappa shape index (κ3) is 5.62. The zero-order chi connectivity index (χ0) is 62.3. The maximum atomic E-state index is 10.1. The van der Waals surface area contributed by atoms with Crippen LogP contribution in [0.3, 0.4) is 0 Å². The number of aromatic nitrogens is 5. The van der Waals surface area contributed by atoms with E-state index >= 15 is 0 Å². The van der Waals surface area contributed by atoms with Crippen LogP contribution in [0.5, 0.6) is 0 Å². The SMILES string of the molecule is [2H]c1c([2H])c([2H])c(-c2c([2H])c([2H])c3c4c([2H])c([2H])c(-c5c([2H])c([2H])c([2H])c([2H])c5[2H])c([2H])c4n(-c4nc(-c5ccc(-c6cccc7c6oc6ccccc67)cc5)nc(-n5c6c([2H])c([2H])c([2H])c([2H])c6c6c([2H])c([2H])c([2H])c([2H])c65)n4)c3c2[2H])c([2H])c1[2H]. The maximum absolute atomic E-state index is 10.1. The smallest absolute Gasteiger partial charge is 0.240 e. The van der Waals surface area contributed by atoms with Gasteiger partial charge in [0.25, 0.3) is 0 Å². The highest BCUT2D eigenvalue weighted by atomic mass is 16.3. The Hall–Kier alpha value is -8.61. The van der Waals surface area contributed by atoms with Crippen molar-refractivity contribution < 1.29 is 37.3 Å². The molecule has 0 saturated carbocycles. The van der Waals surface area contributed by atoms with Gasteiger partial charge in [0.15, 0.2) is 5.82 Å². The fourth-order valence-corrected chi connectivity index (χ4v) is 7.88. The van der Waals surface area contributed by atoms with Gasteiger partial charge in [-0.15, -0.1) is 0 Å². The third-order valence-corrected chi connectivity index (χ3v) is 10.7. The van der Waals surface area contributed by atoms with Gasteiger partial charge in [0.05, 0.1) is 55.0 Å². The lowest BCUT2D eigenvalue weighted by Gasteiger charge is -2.13. The Morgan fingerprint density at radius 2 is 0.873 bits per heavy atom. The highest BCUT2D eigenvalue weighted by Crippen LogP contribution is 2.39. The van der Waals surface area contributed by atoms with Gasteiger partial charge in [-0.05, 0) is 58.1 Å². The molecular formula is C57H35N5O. The van der Waals surface area contributed by atoms with Crippen molar-refractivity contribution in [3.63, 3.8) is 0 Å². The molecule has 0 fully saturated rings. The molecule has 0 N–H and O–H groups in total. The summed E-state index contributed by atoms with van der Waals surface area (Å²) in [5, 5.41) is -0.163. The molecular weight excluding hydrogens is 771 g/mol. The average Bonchev–Trinajstić information content (AvgIpc) is 1.67. The van der Waals surface area contributed by atoms with Crippen LogP contribution in [0.2, 0.25) is 0 Å². The minimum atomic E-state index is -0.916. The first-order valence-electron chi connectivity index (χ1n) is 31.2. The van der Waals surface area contributed by atoms with Gasteiger partial charge >= 0.3 is 0 Å². The summed E-state index contributed by atoms with van der Waals surface area (Å²) in [5.41, 5.74) is -2.43. The van der Waals surface area contributed by atoms with E-state index in [-0.39, 0.29) is 22.2 Å². The van der Waals surface area contributed by atoms with E-state index in [0.717, 1.165) is 19.9 Å². The molecule has 0 bridgehead atoms. The summed E-state index contributed by atoms with van der Waals surface area (Å²) >= 11 is 0. The first-order valence-corrected chi connectivity index (χ1v) is 19.2. The van der Waals surface area contributed by atoms with E-state index < -0.39 is 212 Å². The predicted octanol–water partition coefficient (Wildman–Crippen LogP) is 14.6. The summed E-state index contributed by atoms with van der Waals surface area (Å²) < 4.78 is 226. The molecule has 4 aromatic heterocycles. The van der Waals surface area contributed by atoms with Crippen molar-refractivity contribution in [2.75, 3.05) is 0 Å². The summed E-state index contributed by atoms with van der Waals surface area (Å²) in [6, 6.07) is -0.643. The van der Waals surface area contributed by atoms with Gasteiger partial charge < -0.3 is 4.42 Å². The Bertz CT molecular complexity index is 5070. The minimum absolute atomic E-state index is 0.145. The van der Waals surface area contributed by atoms with Crippen molar-refractivity contribution in [2.45, 2.75) is 0 Å². The van der Waals surface area contributed by atoms with Crippen LogP contribution in [0.25, 0.3) is 122 Å². The van der Waals surface area contributed by atoms with Gasteiger partial charge in [-0.2, -0.15) is 15.0 Å². The Morgan fingerprint density at radius 3 is 1.49 bits per heavy atom. The quantitative estimate of drug-likeness (QED) is 0.167. The molecule has 0 aliphatic rings. The molecule has 63 heavy (non-hydrogen) atoms. The normalized spacial score (nSPS) is 17.1.